The molecule has 146 valence electrons. The zero-order chi connectivity index (χ0) is 19.9. The van der Waals surface area contributed by atoms with Crippen molar-refractivity contribution < 1.29 is 9.47 Å². The molecule has 28 heavy (non-hydrogen) atoms. The first-order valence-electron chi connectivity index (χ1n) is 10.0. The van der Waals surface area contributed by atoms with Crippen LogP contribution in [-0.2, 0) is 13.2 Å². The van der Waals surface area contributed by atoms with Crippen LogP contribution in [0.2, 0.25) is 0 Å². The van der Waals surface area contributed by atoms with Gasteiger partial charge < -0.3 is 9.47 Å². The third-order valence-electron chi connectivity index (χ3n) is 4.93. The molecule has 2 nitrogen and oxygen atoms in total. The summed E-state index contributed by atoms with van der Waals surface area (Å²) in [6.45, 7) is 9.92. The molecule has 3 rings (SSSR count). The van der Waals surface area contributed by atoms with Gasteiger partial charge in [0.2, 0.25) is 0 Å². The molecule has 0 aromatic heterocycles. The van der Waals surface area contributed by atoms with E-state index in [0.717, 1.165) is 22.6 Å². The maximum atomic E-state index is 5.90. The van der Waals surface area contributed by atoms with Gasteiger partial charge >= 0.3 is 0 Å². The van der Waals surface area contributed by atoms with Crippen molar-refractivity contribution in [2.24, 2.45) is 0 Å². The summed E-state index contributed by atoms with van der Waals surface area (Å²) in [7, 11) is 0. The Morgan fingerprint density at radius 3 is 1.11 bits per heavy atom. The number of hydrogen-bond acceptors (Lipinski definition) is 2. The number of hydrogen-bond donors (Lipinski definition) is 0. The fourth-order valence-electron chi connectivity index (χ4n) is 2.96. The summed E-state index contributed by atoms with van der Waals surface area (Å²) >= 11 is 0. The average molecular weight is 375 g/mol. The second-order valence-electron chi connectivity index (χ2n) is 7.84. The third-order valence-corrected chi connectivity index (χ3v) is 4.93. The maximum absolute atomic E-state index is 5.90. The Kier molecular flexibility index (Phi) is 6.76. The Labute approximate surface area is 169 Å². The maximum Gasteiger partial charge on any atom is 0.119 e. The van der Waals surface area contributed by atoms with Gasteiger partial charge in [-0.15, -0.1) is 0 Å². The molecule has 2 heteroatoms. The first-order chi connectivity index (χ1) is 13.5. The lowest BCUT2D eigenvalue weighted by molar-refractivity contribution is 0.302. The first-order valence-corrected chi connectivity index (χ1v) is 10.0. The van der Waals surface area contributed by atoms with Crippen LogP contribution in [0.25, 0.3) is 0 Å². The molecular weight excluding hydrogens is 344 g/mol. The minimum Gasteiger partial charge on any atom is -0.489 e. The molecule has 3 aromatic carbocycles. The van der Waals surface area contributed by atoms with E-state index in [1.807, 2.05) is 24.3 Å². The molecule has 0 saturated heterocycles. The highest BCUT2D eigenvalue weighted by Gasteiger charge is 2.02. The van der Waals surface area contributed by atoms with Crippen molar-refractivity contribution in [3.05, 3.63) is 95.1 Å². The highest BCUT2D eigenvalue weighted by atomic mass is 16.5. The molecule has 0 bridgehead atoms. The van der Waals surface area contributed by atoms with Crippen LogP contribution >= 0.6 is 0 Å². The fourth-order valence-corrected chi connectivity index (χ4v) is 2.96. The molecule has 0 spiro atoms. The lowest BCUT2D eigenvalue weighted by Gasteiger charge is -2.11. The van der Waals surface area contributed by atoms with Crippen LogP contribution in [0.3, 0.4) is 0 Å². The highest BCUT2D eigenvalue weighted by molar-refractivity contribution is 5.31. The van der Waals surface area contributed by atoms with Crippen LogP contribution in [0.5, 0.6) is 11.5 Å². The zero-order valence-corrected chi connectivity index (χ0v) is 17.3. The lowest BCUT2D eigenvalue weighted by Crippen LogP contribution is -1.98. The first kappa shape index (κ1) is 20.0. The van der Waals surface area contributed by atoms with Gasteiger partial charge in [0.25, 0.3) is 0 Å². The van der Waals surface area contributed by atoms with Gasteiger partial charge in [-0.2, -0.15) is 0 Å². The predicted molar refractivity (Wildman–Crippen MR) is 116 cm³/mol. The van der Waals surface area contributed by atoms with E-state index < -0.39 is 0 Å². The molecular formula is C26H30O2. The average Bonchev–Trinajstić information content (AvgIpc) is 2.72. The van der Waals surface area contributed by atoms with Crippen LogP contribution in [0.4, 0.5) is 0 Å². The molecule has 0 aliphatic rings. The summed E-state index contributed by atoms with van der Waals surface area (Å²) in [5, 5.41) is 0. The molecule has 0 amide bonds. The second kappa shape index (κ2) is 9.45. The van der Waals surface area contributed by atoms with Crippen molar-refractivity contribution in [1.29, 1.82) is 0 Å². The van der Waals surface area contributed by atoms with Gasteiger partial charge in [0, 0.05) is 0 Å². The van der Waals surface area contributed by atoms with Crippen molar-refractivity contribution in [1.82, 2.24) is 0 Å². The van der Waals surface area contributed by atoms with E-state index in [1.165, 1.54) is 11.1 Å². The normalized spacial score (nSPS) is 11.1. The van der Waals surface area contributed by atoms with Crippen LogP contribution in [0, 0.1) is 0 Å². The summed E-state index contributed by atoms with van der Waals surface area (Å²) in [6.07, 6.45) is 0. The Morgan fingerprint density at radius 1 is 0.500 bits per heavy atom. The number of ether oxygens (including phenoxy) is 2. The number of benzene rings is 3. The fraction of sp³-hybridized carbons (Fsp3) is 0.308. The van der Waals surface area contributed by atoms with Gasteiger partial charge in [0.05, 0.1) is 0 Å². The molecule has 0 atom stereocenters. The van der Waals surface area contributed by atoms with Gasteiger partial charge in [-0.1, -0.05) is 76.2 Å². The van der Waals surface area contributed by atoms with Crippen molar-refractivity contribution in [2.45, 2.75) is 52.7 Å². The number of rotatable bonds is 8. The van der Waals surface area contributed by atoms with E-state index in [2.05, 4.69) is 76.2 Å². The Balaban J connectivity index is 1.49. The summed E-state index contributed by atoms with van der Waals surface area (Å²) in [5.74, 6) is 2.89. The van der Waals surface area contributed by atoms with Gasteiger partial charge in [0.1, 0.15) is 24.7 Å². The third kappa shape index (κ3) is 5.63. The molecule has 0 aliphatic carbocycles. The monoisotopic (exact) mass is 374 g/mol. The Bertz CT molecular complexity index is 770. The molecule has 0 N–H and O–H groups in total. The van der Waals surface area contributed by atoms with E-state index in [-0.39, 0.29) is 0 Å². The summed E-state index contributed by atoms with van der Waals surface area (Å²) in [6, 6.07) is 25.1. The van der Waals surface area contributed by atoms with Crippen LogP contribution in [-0.4, -0.2) is 0 Å². The van der Waals surface area contributed by atoms with Crippen LogP contribution in [0.15, 0.2) is 72.8 Å². The lowest BCUT2D eigenvalue weighted by atomic mass is 10.0. The van der Waals surface area contributed by atoms with Crippen molar-refractivity contribution in [3.8, 4) is 11.5 Å². The summed E-state index contributed by atoms with van der Waals surface area (Å²) in [5.41, 5.74) is 4.96. The van der Waals surface area contributed by atoms with Crippen molar-refractivity contribution >= 4 is 0 Å². The summed E-state index contributed by atoms with van der Waals surface area (Å²) < 4.78 is 11.8. The molecule has 0 heterocycles. The quantitative estimate of drug-likeness (QED) is 0.419. The second-order valence-corrected chi connectivity index (χ2v) is 7.84. The minimum absolute atomic E-state index is 0.539. The zero-order valence-electron chi connectivity index (χ0n) is 17.3. The molecule has 0 unspecified atom stereocenters. The Hall–Kier alpha value is -2.74. The molecule has 3 aromatic rings. The molecule has 0 fully saturated rings. The molecule has 0 saturated carbocycles. The summed E-state index contributed by atoms with van der Waals surface area (Å²) in [4.78, 5) is 0. The van der Waals surface area contributed by atoms with Gasteiger partial charge in [-0.05, 0) is 58.4 Å². The molecule has 0 radical (unpaired) electrons. The molecule has 0 aliphatic heterocycles. The van der Waals surface area contributed by atoms with E-state index in [9.17, 15) is 0 Å². The SMILES string of the molecule is CC(C)c1ccc(OCc2ccc(COc3ccc(C(C)C)cc3)cc2)cc1. The van der Waals surface area contributed by atoms with Gasteiger partial charge in [0.15, 0.2) is 0 Å². The topological polar surface area (TPSA) is 18.5 Å². The van der Waals surface area contributed by atoms with E-state index in [1.54, 1.807) is 0 Å². The van der Waals surface area contributed by atoms with Gasteiger partial charge in [-0.3, -0.25) is 0 Å². The van der Waals surface area contributed by atoms with E-state index >= 15 is 0 Å². The smallest absolute Gasteiger partial charge is 0.119 e. The standard InChI is InChI=1S/C26H30O2/c1-19(2)23-9-13-25(14-10-23)27-17-21-5-7-22(8-6-21)18-28-26-15-11-24(12-16-26)20(3)4/h5-16,19-20H,17-18H2,1-4H3. The van der Waals surface area contributed by atoms with Crippen molar-refractivity contribution in [3.63, 3.8) is 0 Å². The van der Waals surface area contributed by atoms with E-state index in [0.29, 0.717) is 25.0 Å². The largest absolute Gasteiger partial charge is 0.489 e. The van der Waals surface area contributed by atoms with Crippen molar-refractivity contribution in [2.75, 3.05) is 0 Å². The predicted octanol–water partition coefficient (Wildman–Crippen LogP) is 7.09. The highest BCUT2D eigenvalue weighted by Crippen LogP contribution is 2.21. The minimum atomic E-state index is 0.539. The van der Waals surface area contributed by atoms with Crippen LogP contribution < -0.4 is 9.47 Å². The Morgan fingerprint density at radius 2 is 0.821 bits per heavy atom. The van der Waals surface area contributed by atoms with Crippen LogP contribution in [0.1, 0.15) is 61.8 Å². The van der Waals surface area contributed by atoms with E-state index in [4.69, 9.17) is 9.47 Å². The van der Waals surface area contributed by atoms with Gasteiger partial charge in [-0.25, -0.2) is 0 Å².